The number of nitrogens with zero attached hydrogens (tertiary/aromatic N) is 2. The third kappa shape index (κ3) is 2.35. The van der Waals surface area contributed by atoms with Crippen LogP contribution in [0.4, 0.5) is 6.01 Å². The average molecular weight is 224 g/mol. The summed E-state index contributed by atoms with van der Waals surface area (Å²) in [5.74, 6) is 1.31. The number of anilines is 1. The van der Waals surface area contributed by atoms with Crippen LogP contribution in [-0.2, 0) is 6.42 Å². The van der Waals surface area contributed by atoms with Crippen molar-refractivity contribution < 1.29 is 4.42 Å². The summed E-state index contributed by atoms with van der Waals surface area (Å²) in [7, 11) is 0. The zero-order chi connectivity index (χ0) is 11.6. The van der Waals surface area contributed by atoms with Crippen molar-refractivity contribution in [2.75, 3.05) is 18.4 Å². The predicted molar refractivity (Wildman–Crippen MR) is 62.1 cm³/mol. The van der Waals surface area contributed by atoms with Gasteiger partial charge in [-0.25, -0.2) is 0 Å². The van der Waals surface area contributed by atoms with E-state index in [9.17, 15) is 0 Å². The molecule has 1 fully saturated rings. The maximum Gasteiger partial charge on any atom is 0.315 e. The molecule has 0 aliphatic heterocycles. The van der Waals surface area contributed by atoms with Crippen LogP contribution in [0.1, 0.15) is 32.6 Å². The molecule has 90 valence electrons. The molecule has 0 unspecified atom stereocenters. The van der Waals surface area contributed by atoms with E-state index in [0.29, 0.717) is 36.2 Å². The molecule has 0 saturated heterocycles. The first-order chi connectivity index (χ1) is 7.66. The Bertz CT molecular complexity index is 344. The molecule has 5 heteroatoms. The van der Waals surface area contributed by atoms with Gasteiger partial charge in [-0.15, -0.1) is 5.10 Å². The van der Waals surface area contributed by atoms with Crippen molar-refractivity contribution in [1.82, 2.24) is 10.2 Å². The molecule has 0 bridgehead atoms. The van der Waals surface area contributed by atoms with Gasteiger partial charge in [-0.3, -0.25) is 0 Å². The Kier molecular flexibility index (Phi) is 3.14. The van der Waals surface area contributed by atoms with E-state index in [1.165, 1.54) is 12.8 Å². The van der Waals surface area contributed by atoms with E-state index >= 15 is 0 Å². The minimum atomic E-state index is 0.447. The van der Waals surface area contributed by atoms with Crippen LogP contribution in [0.25, 0.3) is 0 Å². The van der Waals surface area contributed by atoms with Gasteiger partial charge >= 0.3 is 6.01 Å². The van der Waals surface area contributed by atoms with E-state index in [1.807, 2.05) is 0 Å². The van der Waals surface area contributed by atoms with E-state index in [4.69, 9.17) is 10.2 Å². The minimum Gasteiger partial charge on any atom is -0.408 e. The van der Waals surface area contributed by atoms with Crippen LogP contribution >= 0.6 is 0 Å². The number of aromatic nitrogens is 2. The zero-order valence-corrected chi connectivity index (χ0v) is 9.99. The second-order valence-electron chi connectivity index (χ2n) is 4.91. The largest absolute Gasteiger partial charge is 0.408 e. The maximum absolute atomic E-state index is 5.41. The highest BCUT2D eigenvalue weighted by atomic mass is 16.4. The number of hydrogen-bond acceptors (Lipinski definition) is 5. The second-order valence-corrected chi connectivity index (χ2v) is 4.91. The normalized spacial score (nSPS) is 17.8. The Balaban J connectivity index is 1.85. The highest BCUT2D eigenvalue weighted by Crippen LogP contribution is 2.51. The molecule has 0 radical (unpaired) electrons. The summed E-state index contributed by atoms with van der Waals surface area (Å²) in [6.07, 6.45) is 3.23. The molecule has 1 aromatic rings. The molecule has 1 aromatic heterocycles. The van der Waals surface area contributed by atoms with Gasteiger partial charge in [0.2, 0.25) is 5.89 Å². The smallest absolute Gasteiger partial charge is 0.315 e. The first kappa shape index (κ1) is 11.4. The molecule has 5 nitrogen and oxygen atoms in total. The lowest BCUT2D eigenvalue weighted by atomic mass is 9.92. The van der Waals surface area contributed by atoms with E-state index in [1.54, 1.807) is 0 Å². The summed E-state index contributed by atoms with van der Waals surface area (Å²) in [5, 5.41) is 11.1. The van der Waals surface area contributed by atoms with Crippen LogP contribution in [0.3, 0.4) is 0 Å². The van der Waals surface area contributed by atoms with Crippen LogP contribution in [0.5, 0.6) is 0 Å². The first-order valence-corrected chi connectivity index (χ1v) is 5.92. The summed E-state index contributed by atoms with van der Waals surface area (Å²) in [4.78, 5) is 0. The lowest BCUT2D eigenvalue weighted by molar-refractivity contribution is 0.375. The Morgan fingerprint density at radius 2 is 2.19 bits per heavy atom. The van der Waals surface area contributed by atoms with Crippen LogP contribution in [0.2, 0.25) is 0 Å². The monoisotopic (exact) mass is 224 g/mol. The number of nitrogens with two attached hydrogens (primary N) is 1. The van der Waals surface area contributed by atoms with Crippen LogP contribution in [-0.4, -0.2) is 23.3 Å². The SMILES string of the molecule is CC(C)C1(CNc2nnc(CCN)o2)CC1. The Hall–Kier alpha value is -1.10. The van der Waals surface area contributed by atoms with Crippen LogP contribution in [0.15, 0.2) is 4.42 Å². The van der Waals surface area contributed by atoms with Gasteiger partial charge in [0.15, 0.2) is 0 Å². The second kappa shape index (κ2) is 4.41. The lowest BCUT2D eigenvalue weighted by Gasteiger charge is -2.18. The van der Waals surface area contributed by atoms with Crippen LogP contribution in [0, 0.1) is 11.3 Å². The fraction of sp³-hybridized carbons (Fsp3) is 0.818. The standard InChI is InChI=1S/C11H20N4O/c1-8(2)11(4-5-11)7-13-10-15-14-9(16-10)3-6-12/h8H,3-7,12H2,1-2H3,(H,13,15). The summed E-state index contributed by atoms with van der Waals surface area (Å²) >= 11 is 0. The van der Waals surface area contributed by atoms with Crippen molar-refractivity contribution in [3.8, 4) is 0 Å². The van der Waals surface area contributed by atoms with Gasteiger partial charge in [0.1, 0.15) is 0 Å². The van der Waals surface area contributed by atoms with E-state index in [0.717, 1.165) is 6.54 Å². The minimum absolute atomic E-state index is 0.447. The molecule has 1 aliphatic rings. The van der Waals surface area contributed by atoms with Crippen molar-refractivity contribution in [2.24, 2.45) is 17.1 Å². The number of nitrogens with one attached hydrogen (secondary N) is 1. The molecule has 3 N–H and O–H groups in total. The first-order valence-electron chi connectivity index (χ1n) is 5.92. The number of rotatable bonds is 6. The third-order valence-corrected chi connectivity index (χ3v) is 3.53. The van der Waals surface area contributed by atoms with E-state index in [-0.39, 0.29) is 0 Å². The van der Waals surface area contributed by atoms with E-state index in [2.05, 4.69) is 29.4 Å². The fourth-order valence-electron chi connectivity index (χ4n) is 1.92. The molecule has 0 aromatic carbocycles. The van der Waals surface area contributed by atoms with Gasteiger partial charge in [-0.1, -0.05) is 18.9 Å². The predicted octanol–water partition coefficient (Wildman–Crippen LogP) is 1.42. The van der Waals surface area contributed by atoms with Crippen molar-refractivity contribution >= 4 is 6.01 Å². The molecule has 16 heavy (non-hydrogen) atoms. The van der Waals surface area contributed by atoms with Gasteiger partial charge in [-0.2, -0.15) is 0 Å². The number of hydrogen-bond donors (Lipinski definition) is 2. The zero-order valence-electron chi connectivity index (χ0n) is 9.99. The molecule has 0 atom stereocenters. The Morgan fingerprint density at radius 3 is 2.75 bits per heavy atom. The highest BCUT2D eigenvalue weighted by Gasteiger charge is 2.45. The Labute approximate surface area is 95.8 Å². The van der Waals surface area contributed by atoms with Gasteiger partial charge in [0.05, 0.1) is 0 Å². The summed E-state index contributed by atoms with van der Waals surface area (Å²) < 4.78 is 5.41. The van der Waals surface area contributed by atoms with Crippen molar-refractivity contribution in [2.45, 2.75) is 33.1 Å². The van der Waals surface area contributed by atoms with Gasteiger partial charge < -0.3 is 15.5 Å². The van der Waals surface area contributed by atoms with E-state index < -0.39 is 0 Å². The van der Waals surface area contributed by atoms with Gasteiger partial charge in [0, 0.05) is 19.5 Å². The molecule has 1 saturated carbocycles. The van der Waals surface area contributed by atoms with Crippen LogP contribution < -0.4 is 11.1 Å². The quantitative estimate of drug-likeness (QED) is 0.764. The maximum atomic E-state index is 5.41. The molecule has 2 rings (SSSR count). The topological polar surface area (TPSA) is 77.0 Å². The molecule has 1 aliphatic carbocycles. The highest BCUT2D eigenvalue weighted by molar-refractivity contribution is 5.20. The fourth-order valence-corrected chi connectivity index (χ4v) is 1.92. The summed E-state index contributed by atoms with van der Waals surface area (Å²) in [6.45, 7) is 6.00. The summed E-state index contributed by atoms with van der Waals surface area (Å²) in [6, 6.07) is 0.523. The van der Waals surface area contributed by atoms with Crippen molar-refractivity contribution in [3.05, 3.63) is 5.89 Å². The molecule has 1 heterocycles. The molecule has 0 spiro atoms. The lowest BCUT2D eigenvalue weighted by Crippen LogP contribution is -2.20. The average Bonchev–Trinajstić information content (AvgIpc) is 2.92. The third-order valence-electron chi connectivity index (χ3n) is 3.53. The molecule has 0 amide bonds. The molecular weight excluding hydrogens is 204 g/mol. The van der Waals surface area contributed by atoms with Gasteiger partial charge in [-0.05, 0) is 24.2 Å². The Morgan fingerprint density at radius 1 is 1.44 bits per heavy atom. The van der Waals surface area contributed by atoms with Crippen molar-refractivity contribution in [3.63, 3.8) is 0 Å². The van der Waals surface area contributed by atoms with Gasteiger partial charge in [0.25, 0.3) is 0 Å². The molecular formula is C11H20N4O. The summed E-state index contributed by atoms with van der Waals surface area (Å²) in [5.41, 5.74) is 5.86. The van der Waals surface area contributed by atoms with Crippen molar-refractivity contribution in [1.29, 1.82) is 0 Å².